The van der Waals surface area contributed by atoms with Crippen LogP contribution in [0, 0.1) is 0 Å². The molecule has 0 radical (unpaired) electrons. The first kappa shape index (κ1) is 14.2. The minimum Gasteiger partial charge on any atom is -0.329 e. The van der Waals surface area contributed by atoms with Crippen LogP contribution in [-0.2, 0) is 10.0 Å². The topological polar surface area (TPSA) is 66.6 Å². The molecule has 2 fully saturated rings. The molecule has 1 saturated heterocycles. The van der Waals surface area contributed by atoms with E-state index >= 15 is 0 Å². The van der Waals surface area contributed by atoms with Crippen LogP contribution in [-0.4, -0.2) is 61.6 Å². The van der Waals surface area contributed by atoms with E-state index in [1.165, 1.54) is 0 Å². The molecule has 2 N–H and O–H groups in total. The Morgan fingerprint density at radius 1 is 1.22 bits per heavy atom. The Hall–Kier alpha value is -0.170. The molecular formula is C12H25N3O2S. The summed E-state index contributed by atoms with van der Waals surface area (Å²) >= 11 is 0. The molecule has 1 aliphatic carbocycles. The Labute approximate surface area is 110 Å². The maximum atomic E-state index is 12.1. The lowest BCUT2D eigenvalue weighted by atomic mass is 10.1. The first-order valence-electron chi connectivity index (χ1n) is 7.02. The molecule has 1 saturated carbocycles. The molecule has 5 nitrogen and oxygen atoms in total. The highest BCUT2D eigenvalue weighted by atomic mass is 32.2. The second kappa shape index (κ2) is 5.86. The predicted molar refractivity (Wildman–Crippen MR) is 72.8 cm³/mol. The molecule has 18 heavy (non-hydrogen) atoms. The van der Waals surface area contributed by atoms with Crippen molar-refractivity contribution in [1.29, 1.82) is 0 Å². The Bertz CT molecular complexity index is 360. The Kier molecular flexibility index (Phi) is 4.64. The zero-order valence-corrected chi connectivity index (χ0v) is 12.0. The van der Waals surface area contributed by atoms with Gasteiger partial charge in [-0.3, -0.25) is 4.90 Å². The molecule has 2 rings (SSSR count). The highest BCUT2D eigenvalue weighted by Crippen LogP contribution is 2.31. The summed E-state index contributed by atoms with van der Waals surface area (Å²) in [5, 5.41) is -0.0787. The molecule has 0 aromatic rings. The van der Waals surface area contributed by atoms with Crippen LogP contribution < -0.4 is 5.73 Å². The summed E-state index contributed by atoms with van der Waals surface area (Å²) in [5.41, 5.74) is 5.79. The molecule has 1 heterocycles. The largest absolute Gasteiger partial charge is 0.329 e. The van der Waals surface area contributed by atoms with Crippen molar-refractivity contribution >= 4 is 10.0 Å². The third-order valence-corrected chi connectivity index (χ3v) is 6.39. The molecule has 2 aliphatic rings. The second-order valence-corrected chi connectivity index (χ2v) is 7.57. The van der Waals surface area contributed by atoms with Crippen molar-refractivity contribution in [1.82, 2.24) is 9.21 Å². The summed E-state index contributed by atoms with van der Waals surface area (Å²) in [4.78, 5) is 2.35. The van der Waals surface area contributed by atoms with E-state index in [0.717, 1.165) is 38.8 Å². The van der Waals surface area contributed by atoms with Gasteiger partial charge in [0.1, 0.15) is 0 Å². The molecule has 106 valence electrons. The van der Waals surface area contributed by atoms with Gasteiger partial charge in [-0.05, 0) is 19.3 Å². The second-order valence-electron chi connectivity index (χ2n) is 5.36. The van der Waals surface area contributed by atoms with Crippen molar-refractivity contribution in [3.8, 4) is 0 Å². The van der Waals surface area contributed by atoms with Crippen LogP contribution in [0.1, 0.15) is 32.6 Å². The molecule has 0 bridgehead atoms. The number of hydrogen-bond donors (Lipinski definition) is 1. The number of sulfonamides is 1. The van der Waals surface area contributed by atoms with Crippen LogP contribution in [0.15, 0.2) is 0 Å². The summed E-state index contributed by atoms with van der Waals surface area (Å²) in [6.07, 6.45) is 3.93. The number of nitrogens with two attached hydrogens (primary N) is 1. The van der Waals surface area contributed by atoms with Crippen LogP contribution in [0.25, 0.3) is 0 Å². The standard InChI is InChI=1S/C12H25N3O2S/c1-2-3-11(10-13)14-6-8-15(9-7-14)18(16,17)12-4-5-12/h11-12H,2-10,13H2,1H3. The monoisotopic (exact) mass is 275 g/mol. The van der Waals surface area contributed by atoms with Crippen molar-refractivity contribution < 1.29 is 8.42 Å². The lowest BCUT2D eigenvalue weighted by molar-refractivity contribution is 0.133. The normalized spacial score (nSPS) is 25.2. The smallest absolute Gasteiger partial charge is 0.217 e. The van der Waals surface area contributed by atoms with Crippen molar-refractivity contribution in [2.45, 2.75) is 43.9 Å². The van der Waals surface area contributed by atoms with E-state index in [-0.39, 0.29) is 5.25 Å². The van der Waals surface area contributed by atoms with E-state index in [4.69, 9.17) is 5.73 Å². The van der Waals surface area contributed by atoms with Crippen LogP contribution in [0.3, 0.4) is 0 Å². The van der Waals surface area contributed by atoms with E-state index < -0.39 is 10.0 Å². The van der Waals surface area contributed by atoms with Gasteiger partial charge in [0.25, 0.3) is 0 Å². The van der Waals surface area contributed by atoms with Crippen molar-refractivity contribution in [2.75, 3.05) is 32.7 Å². The van der Waals surface area contributed by atoms with Gasteiger partial charge in [0.15, 0.2) is 0 Å². The fraction of sp³-hybridized carbons (Fsp3) is 1.00. The molecule has 1 atom stereocenters. The van der Waals surface area contributed by atoms with E-state index in [1.54, 1.807) is 4.31 Å². The minimum atomic E-state index is -2.98. The van der Waals surface area contributed by atoms with Crippen molar-refractivity contribution in [3.63, 3.8) is 0 Å². The van der Waals surface area contributed by atoms with Gasteiger partial charge in [-0.25, -0.2) is 8.42 Å². The Balaban J connectivity index is 1.87. The zero-order chi connectivity index (χ0) is 13.2. The minimum absolute atomic E-state index is 0.0787. The molecule has 0 amide bonds. The van der Waals surface area contributed by atoms with Crippen LogP contribution >= 0.6 is 0 Å². The third-order valence-electron chi connectivity index (χ3n) is 3.99. The highest BCUT2D eigenvalue weighted by molar-refractivity contribution is 7.90. The van der Waals surface area contributed by atoms with Gasteiger partial charge in [-0.1, -0.05) is 13.3 Å². The summed E-state index contributed by atoms with van der Waals surface area (Å²) in [6.45, 7) is 5.76. The Morgan fingerprint density at radius 2 is 1.83 bits per heavy atom. The van der Waals surface area contributed by atoms with Gasteiger partial charge >= 0.3 is 0 Å². The maximum Gasteiger partial charge on any atom is 0.217 e. The summed E-state index contributed by atoms with van der Waals surface area (Å²) in [5.74, 6) is 0. The number of nitrogens with zero attached hydrogens (tertiary/aromatic N) is 2. The average molecular weight is 275 g/mol. The van der Waals surface area contributed by atoms with Crippen LogP contribution in [0.5, 0.6) is 0 Å². The van der Waals surface area contributed by atoms with Gasteiger partial charge in [0.05, 0.1) is 5.25 Å². The van der Waals surface area contributed by atoms with Gasteiger partial charge in [-0.15, -0.1) is 0 Å². The third kappa shape index (κ3) is 3.04. The number of rotatable bonds is 6. The lowest BCUT2D eigenvalue weighted by Crippen LogP contribution is -2.54. The van der Waals surface area contributed by atoms with Gasteiger partial charge in [0.2, 0.25) is 10.0 Å². The summed E-state index contributed by atoms with van der Waals surface area (Å²) in [6, 6.07) is 0.417. The molecule has 0 aromatic heterocycles. The van der Waals surface area contributed by atoms with Gasteiger partial charge < -0.3 is 5.73 Å². The molecule has 0 spiro atoms. The fourth-order valence-corrected chi connectivity index (χ4v) is 4.51. The SMILES string of the molecule is CCCC(CN)N1CCN(S(=O)(=O)C2CC2)CC1. The van der Waals surface area contributed by atoms with E-state index in [0.29, 0.717) is 25.7 Å². The average Bonchev–Trinajstić information content (AvgIpc) is 3.20. The van der Waals surface area contributed by atoms with E-state index in [1.807, 2.05) is 0 Å². The van der Waals surface area contributed by atoms with Crippen LogP contribution in [0.2, 0.25) is 0 Å². The van der Waals surface area contributed by atoms with Crippen molar-refractivity contribution in [2.24, 2.45) is 5.73 Å². The molecule has 1 unspecified atom stereocenters. The molecule has 0 aromatic carbocycles. The van der Waals surface area contributed by atoms with Gasteiger partial charge in [-0.2, -0.15) is 4.31 Å². The first-order chi connectivity index (χ1) is 8.59. The van der Waals surface area contributed by atoms with Crippen LogP contribution in [0.4, 0.5) is 0 Å². The molecule has 1 aliphatic heterocycles. The van der Waals surface area contributed by atoms with Crippen molar-refractivity contribution in [3.05, 3.63) is 0 Å². The van der Waals surface area contributed by atoms with Gasteiger partial charge in [0, 0.05) is 38.8 Å². The maximum absolute atomic E-state index is 12.1. The number of piperazine rings is 1. The number of hydrogen-bond acceptors (Lipinski definition) is 4. The fourth-order valence-electron chi connectivity index (χ4n) is 2.68. The zero-order valence-electron chi connectivity index (χ0n) is 11.2. The first-order valence-corrected chi connectivity index (χ1v) is 8.53. The lowest BCUT2D eigenvalue weighted by Gasteiger charge is -2.38. The molecule has 6 heteroatoms. The van der Waals surface area contributed by atoms with E-state index in [9.17, 15) is 8.42 Å². The van der Waals surface area contributed by atoms with E-state index in [2.05, 4.69) is 11.8 Å². The molecular weight excluding hydrogens is 250 g/mol. The summed E-state index contributed by atoms with van der Waals surface area (Å²) < 4.78 is 25.9. The Morgan fingerprint density at radius 3 is 2.28 bits per heavy atom. The quantitative estimate of drug-likeness (QED) is 0.753. The predicted octanol–water partition coefficient (Wildman–Crippen LogP) is 0.224. The summed E-state index contributed by atoms with van der Waals surface area (Å²) in [7, 11) is -2.98. The highest BCUT2D eigenvalue weighted by Gasteiger charge is 2.41.